The number of rotatable bonds is 6. The Hall–Kier alpha value is -3.96. The minimum Gasteiger partial charge on any atom is -0.465 e. The van der Waals surface area contributed by atoms with Gasteiger partial charge in [0.2, 0.25) is 0 Å². The molecule has 1 unspecified atom stereocenters. The lowest BCUT2D eigenvalue weighted by atomic mass is 9.99. The van der Waals surface area contributed by atoms with Crippen LogP contribution in [0, 0.1) is 0 Å². The summed E-state index contributed by atoms with van der Waals surface area (Å²) in [7, 11) is 2.09. The number of aromatic nitrogens is 4. The topological polar surface area (TPSA) is 120 Å². The van der Waals surface area contributed by atoms with Crippen LogP contribution in [0.25, 0.3) is 16.4 Å². The van der Waals surface area contributed by atoms with Gasteiger partial charge in [-0.15, -0.1) is 5.10 Å². The summed E-state index contributed by atoms with van der Waals surface area (Å²) in [5.41, 5.74) is 1.75. The fourth-order valence-electron chi connectivity index (χ4n) is 5.76. The van der Waals surface area contributed by atoms with E-state index in [1.807, 2.05) is 54.3 Å². The number of likely N-dealkylation sites (tertiary alicyclic amines) is 1. The van der Waals surface area contributed by atoms with Gasteiger partial charge in [-0.25, -0.2) is 14.3 Å². The molecule has 6 rings (SSSR count). The number of carboxylic acid groups (broad SMARTS) is 1. The predicted molar refractivity (Wildman–Crippen MR) is 146 cm³/mol. The molecule has 0 radical (unpaired) electrons. The number of benzene rings is 2. The van der Waals surface area contributed by atoms with Crippen molar-refractivity contribution in [2.75, 3.05) is 44.7 Å². The van der Waals surface area contributed by atoms with Crippen molar-refractivity contribution in [1.29, 1.82) is 0 Å². The van der Waals surface area contributed by atoms with Crippen LogP contribution in [0.15, 0.2) is 48.7 Å². The first-order valence-electron chi connectivity index (χ1n) is 13.4. The minimum absolute atomic E-state index is 0.134. The normalized spacial score (nSPS) is 21.1. The highest BCUT2D eigenvalue weighted by Crippen LogP contribution is 2.32. The van der Waals surface area contributed by atoms with E-state index in [1.54, 1.807) is 10.7 Å². The number of hydrogen-bond donors (Lipinski definition) is 2. The van der Waals surface area contributed by atoms with Gasteiger partial charge in [0.1, 0.15) is 12.7 Å². The second-order valence-corrected chi connectivity index (χ2v) is 10.5. The van der Waals surface area contributed by atoms with Gasteiger partial charge in [0, 0.05) is 31.7 Å². The monoisotopic (exact) mass is 531 g/mol. The predicted octanol–water partition coefficient (Wildman–Crippen LogP) is 3.02. The molecule has 2 saturated heterocycles. The Morgan fingerprint density at radius 3 is 2.74 bits per heavy atom. The molecule has 0 bridgehead atoms. The molecule has 0 spiro atoms. The van der Waals surface area contributed by atoms with Crippen molar-refractivity contribution in [3.63, 3.8) is 0 Å². The number of anilines is 1. The third-order valence-electron chi connectivity index (χ3n) is 8.00. The Labute approximate surface area is 226 Å². The van der Waals surface area contributed by atoms with E-state index in [0.29, 0.717) is 43.4 Å². The summed E-state index contributed by atoms with van der Waals surface area (Å²) >= 11 is 0. The van der Waals surface area contributed by atoms with Crippen LogP contribution in [0.2, 0.25) is 0 Å². The van der Waals surface area contributed by atoms with Crippen molar-refractivity contribution in [3.8, 4) is 6.01 Å². The van der Waals surface area contributed by atoms with E-state index >= 15 is 0 Å². The Kier molecular flexibility index (Phi) is 6.69. The van der Waals surface area contributed by atoms with Gasteiger partial charge in [0.15, 0.2) is 11.5 Å². The lowest BCUT2D eigenvalue weighted by Crippen LogP contribution is -2.53. The molecule has 2 fully saturated rings. The van der Waals surface area contributed by atoms with Crippen LogP contribution in [0.5, 0.6) is 6.01 Å². The first-order valence-corrected chi connectivity index (χ1v) is 13.4. The summed E-state index contributed by atoms with van der Waals surface area (Å²) in [4.78, 5) is 26.7. The van der Waals surface area contributed by atoms with Crippen LogP contribution in [-0.2, 0) is 0 Å². The van der Waals surface area contributed by atoms with Crippen molar-refractivity contribution in [2.24, 2.45) is 0 Å². The number of imidazole rings is 1. The van der Waals surface area contributed by atoms with Gasteiger partial charge in [-0.3, -0.25) is 0 Å². The molecule has 2 N–H and O–H groups in total. The highest BCUT2D eigenvalue weighted by Gasteiger charge is 2.31. The number of likely N-dealkylation sites (N-methyl/N-ethyl adjacent to an activating group) is 1. The molecule has 3 atom stereocenters. The molecule has 1 amide bonds. The molecule has 2 aromatic heterocycles. The highest BCUT2D eigenvalue weighted by molar-refractivity contribution is 5.86. The quantitative estimate of drug-likeness (QED) is 0.387. The van der Waals surface area contributed by atoms with E-state index in [2.05, 4.69) is 22.0 Å². The second-order valence-electron chi connectivity index (χ2n) is 10.5. The number of amides is 1. The minimum atomic E-state index is -0.982. The average Bonchev–Trinajstić information content (AvgIpc) is 3.56. The Balaban J connectivity index is 1.41. The summed E-state index contributed by atoms with van der Waals surface area (Å²) < 4.78 is 7.77. The average molecular weight is 532 g/mol. The lowest BCUT2D eigenvalue weighted by Gasteiger charge is -2.39. The van der Waals surface area contributed by atoms with E-state index in [-0.39, 0.29) is 18.1 Å². The van der Waals surface area contributed by atoms with Gasteiger partial charge in [-0.2, -0.15) is 4.98 Å². The number of piperazine rings is 1. The third kappa shape index (κ3) is 4.72. The van der Waals surface area contributed by atoms with Crippen molar-refractivity contribution in [1.82, 2.24) is 29.4 Å². The molecule has 4 heterocycles. The van der Waals surface area contributed by atoms with Gasteiger partial charge in [0.25, 0.3) is 0 Å². The van der Waals surface area contributed by atoms with Crippen LogP contribution in [0.4, 0.5) is 10.6 Å². The number of hydrogen-bond acceptors (Lipinski definition) is 8. The van der Waals surface area contributed by atoms with E-state index in [0.717, 1.165) is 35.7 Å². The number of ether oxygens (including phenoxy) is 1. The Morgan fingerprint density at radius 1 is 1.15 bits per heavy atom. The molecule has 204 valence electrons. The summed E-state index contributed by atoms with van der Waals surface area (Å²) in [6.45, 7) is 4.62. The maximum Gasteiger partial charge on any atom is 0.407 e. The summed E-state index contributed by atoms with van der Waals surface area (Å²) in [5.74, 6) is 0.564. The smallest absolute Gasteiger partial charge is 0.407 e. The molecule has 2 aliphatic rings. The summed E-state index contributed by atoms with van der Waals surface area (Å²) in [5, 5.41) is 27.8. The highest BCUT2D eigenvalue weighted by atomic mass is 16.5. The molecule has 4 aromatic rings. The number of aliphatic hydroxyl groups excluding tert-OH is 1. The first-order chi connectivity index (χ1) is 18.9. The van der Waals surface area contributed by atoms with Gasteiger partial charge < -0.3 is 29.6 Å². The molecule has 11 heteroatoms. The maximum atomic E-state index is 11.6. The van der Waals surface area contributed by atoms with Crippen molar-refractivity contribution >= 4 is 28.3 Å². The molecule has 2 aliphatic heterocycles. The molecular formula is C28H33N7O4. The van der Waals surface area contributed by atoms with E-state index in [4.69, 9.17) is 9.72 Å². The van der Waals surface area contributed by atoms with Crippen LogP contribution >= 0.6 is 0 Å². The van der Waals surface area contributed by atoms with Crippen LogP contribution in [0.3, 0.4) is 0 Å². The van der Waals surface area contributed by atoms with E-state index in [9.17, 15) is 15.0 Å². The molecule has 39 heavy (non-hydrogen) atoms. The number of fused-ring (bicyclic) bond motifs is 2. The summed E-state index contributed by atoms with van der Waals surface area (Å²) in [6.07, 6.45) is 1.90. The van der Waals surface area contributed by atoms with E-state index < -0.39 is 12.2 Å². The standard InChI is InChI=1S/C28H33N7O4/c1-18-16-33(28(37)38)13-14-34(18)26-25-29-15-23(24(36)22-11-5-8-19-7-3-4-10-21(19)22)35(25)31-27(30-26)39-17-20-9-6-12-32(20)2/h3-5,7-8,10-11,15,18,20,24,36H,6,9,12-14,16-17H2,1-2H3,(H,37,38)/t18-,20-,24?/m0/s1. The fraction of sp³-hybridized carbons (Fsp3) is 0.429. The van der Waals surface area contributed by atoms with E-state index in [1.165, 1.54) is 4.90 Å². The van der Waals surface area contributed by atoms with Crippen LogP contribution in [0.1, 0.15) is 37.1 Å². The van der Waals surface area contributed by atoms with Crippen LogP contribution in [-0.4, -0.2) is 97.6 Å². The van der Waals surface area contributed by atoms with Gasteiger partial charge in [-0.05, 0) is 49.7 Å². The summed E-state index contributed by atoms with van der Waals surface area (Å²) in [6, 6.07) is 14.2. The number of aliphatic hydroxyl groups is 1. The van der Waals surface area contributed by atoms with Gasteiger partial charge >= 0.3 is 12.1 Å². The largest absolute Gasteiger partial charge is 0.465 e. The fourth-order valence-corrected chi connectivity index (χ4v) is 5.76. The van der Waals surface area contributed by atoms with Gasteiger partial charge in [-0.1, -0.05) is 42.5 Å². The second kappa shape index (κ2) is 10.3. The zero-order chi connectivity index (χ0) is 27.1. The molecule has 2 aromatic carbocycles. The van der Waals surface area contributed by atoms with Crippen LogP contribution < -0.4 is 9.64 Å². The lowest BCUT2D eigenvalue weighted by molar-refractivity contribution is 0.136. The number of nitrogens with zero attached hydrogens (tertiary/aromatic N) is 7. The first kappa shape index (κ1) is 25.3. The third-order valence-corrected chi connectivity index (χ3v) is 8.00. The zero-order valence-corrected chi connectivity index (χ0v) is 22.1. The number of carbonyl (C=O) groups is 1. The zero-order valence-electron chi connectivity index (χ0n) is 22.1. The van der Waals surface area contributed by atoms with Crippen molar-refractivity contribution < 1.29 is 19.7 Å². The Morgan fingerprint density at radius 2 is 1.97 bits per heavy atom. The SMILES string of the molecule is C[C@H]1CN(C(=O)O)CCN1c1nc(OC[C@@H]2CCCN2C)nn2c(C(O)c3cccc4ccccc34)cnc12. The molecular weight excluding hydrogens is 498 g/mol. The Bertz CT molecular complexity index is 1500. The maximum absolute atomic E-state index is 11.6. The molecule has 11 nitrogen and oxygen atoms in total. The molecule has 0 aliphatic carbocycles. The van der Waals surface area contributed by atoms with Gasteiger partial charge in [0.05, 0.1) is 11.9 Å². The molecule has 0 saturated carbocycles. The van der Waals surface area contributed by atoms with Crippen molar-refractivity contribution in [3.05, 3.63) is 59.9 Å². The van der Waals surface area contributed by atoms with Crippen molar-refractivity contribution in [2.45, 2.75) is 38.0 Å².